The highest BCUT2D eigenvalue weighted by atomic mass is 19.2. The number of carbonyl (C=O) groups excluding carboxylic acids is 1. The first-order valence-electron chi connectivity index (χ1n) is 10.2. The predicted octanol–water partition coefficient (Wildman–Crippen LogP) is 2.89. The molecule has 1 aromatic heterocycles. The molecular formula is C23H18F3N3O4. The standard InChI is InChI=1S/C23H18F3N3O4/c1-27-19-7-9-33-18-11-16(26)15(25)10-13(18)20(12-4-2-3-5-14(12)24)29(19)28-8-6-17(30)22(31)21(28)23(27)32/h2-6,8,10-11,19-20,31H,7,9H2,1H3/t19?,20-/m0/s1. The van der Waals surface area contributed by atoms with Gasteiger partial charge in [-0.25, -0.2) is 13.2 Å². The minimum atomic E-state index is -1.15. The number of hydrogen-bond donors (Lipinski definition) is 1. The number of nitrogens with zero attached hydrogens (tertiary/aromatic N) is 3. The van der Waals surface area contributed by atoms with Crippen molar-refractivity contribution in [3.8, 4) is 11.5 Å². The number of ether oxygens (including phenoxy) is 1. The van der Waals surface area contributed by atoms with Gasteiger partial charge in [0, 0.05) is 42.9 Å². The first-order valence-corrected chi connectivity index (χ1v) is 10.2. The van der Waals surface area contributed by atoms with Gasteiger partial charge in [-0.2, -0.15) is 0 Å². The maximum absolute atomic E-state index is 15.1. The van der Waals surface area contributed by atoms with E-state index in [9.17, 15) is 23.5 Å². The molecule has 10 heteroatoms. The summed E-state index contributed by atoms with van der Waals surface area (Å²) < 4.78 is 50.6. The molecule has 1 unspecified atom stereocenters. The van der Waals surface area contributed by atoms with E-state index in [0.29, 0.717) is 0 Å². The summed E-state index contributed by atoms with van der Waals surface area (Å²) in [4.78, 5) is 26.4. The third-order valence-electron chi connectivity index (χ3n) is 6.02. The van der Waals surface area contributed by atoms with Crippen molar-refractivity contribution in [3.05, 3.63) is 93.2 Å². The largest absolute Gasteiger partial charge is 0.502 e. The van der Waals surface area contributed by atoms with E-state index in [1.165, 1.54) is 41.0 Å². The average molecular weight is 457 g/mol. The van der Waals surface area contributed by atoms with Gasteiger partial charge < -0.3 is 14.7 Å². The van der Waals surface area contributed by atoms with E-state index < -0.39 is 46.7 Å². The molecule has 170 valence electrons. The Labute approximate surface area is 185 Å². The first kappa shape index (κ1) is 20.9. The Morgan fingerprint density at radius 2 is 1.73 bits per heavy atom. The molecule has 0 aliphatic carbocycles. The number of fused-ring (bicyclic) bond motifs is 4. The van der Waals surface area contributed by atoms with Gasteiger partial charge in [0.2, 0.25) is 5.43 Å². The number of benzene rings is 2. The van der Waals surface area contributed by atoms with E-state index in [4.69, 9.17) is 4.74 Å². The van der Waals surface area contributed by atoms with E-state index >= 15 is 4.39 Å². The zero-order valence-corrected chi connectivity index (χ0v) is 17.3. The van der Waals surface area contributed by atoms with Gasteiger partial charge in [0.15, 0.2) is 23.1 Å². The molecule has 2 aliphatic heterocycles. The maximum Gasteiger partial charge on any atom is 0.277 e. The molecule has 1 N–H and O–H groups in total. The fourth-order valence-corrected chi connectivity index (χ4v) is 4.46. The summed E-state index contributed by atoms with van der Waals surface area (Å²) >= 11 is 0. The van der Waals surface area contributed by atoms with Crippen LogP contribution in [0.15, 0.2) is 53.5 Å². The van der Waals surface area contributed by atoms with E-state index in [0.717, 1.165) is 18.2 Å². The molecule has 5 rings (SSSR count). The van der Waals surface area contributed by atoms with Crippen molar-refractivity contribution in [3.63, 3.8) is 0 Å². The Hall–Kier alpha value is -3.95. The second-order valence-corrected chi connectivity index (χ2v) is 7.86. The van der Waals surface area contributed by atoms with Crippen molar-refractivity contribution < 1.29 is 27.8 Å². The smallest absolute Gasteiger partial charge is 0.277 e. The first-order chi connectivity index (χ1) is 15.8. The highest BCUT2D eigenvalue weighted by molar-refractivity contribution is 5.96. The molecule has 0 saturated heterocycles. The van der Waals surface area contributed by atoms with Gasteiger partial charge in [-0.15, -0.1) is 0 Å². The number of aromatic nitrogens is 1. The lowest BCUT2D eigenvalue weighted by molar-refractivity contribution is 0.0572. The van der Waals surface area contributed by atoms with Crippen LogP contribution in [0.1, 0.15) is 34.1 Å². The second kappa shape index (κ2) is 7.58. The van der Waals surface area contributed by atoms with E-state index in [1.54, 1.807) is 11.1 Å². The zero-order chi connectivity index (χ0) is 23.4. The van der Waals surface area contributed by atoms with Crippen LogP contribution in [-0.2, 0) is 0 Å². The lowest BCUT2D eigenvalue weighted by Crippen LogP contribution is -2.62. The number of pyridine rings is 1. The Kier molecular flexibility index (Phi) is 4.80. The minimum Gasteiger partial charge on any atom is -0.502 e. The van der Waals surface area contributed by atoms with Crippen molar-refractivity contribution in [2.24, 2.45) is 0 Å². The Morgan fingerprint density at radius 1 is 1.00 bits per heavy atom. The van der Waals surface area contributed by atoms with Crippen LogP contribution in [0.5, 0.6) is 11.5 Å². The fourth-order valence-electron chi connectivity index (χ4n) is 4.46. The number of amides is 1. The Bertz CT molecular complexity index is 1340. The zero-order valence-electron chi connectivity index (χ0n) is 17.3. The van der Waals surface area contributed by atoms with Crippen molar-refractivity contribution in [2.45, 2.75) is 18.6 Å². The molecule has 2 atom stereocenters. The van der Waals surface area contributed by atoms with Crippen molar-refractivity contribution >= 4 is 5.91 Å². The van der Waals surface area contributed by atoms with E-state index in [2.05, 4.69) is 0 Å². The van der Waals surface area contributed by atoms with Gasteiger partial charge in [0.25, 0.3) is 5.91 Å². The maximum atomic E-state index is 15.1. The molecule has 0 radical (unpaired) electrons. The van der Waals surface area contributed by atoms with Crippen LogP contribution < -0.4 is 15.2 Å². The van der Waals surface area contributed by atoms with E-state index in [-0.39, 0.29) is 35.6 Å². The van der Waals surface area contributed by atoms with Crippen molar-refractivity contribution in [1.82, 2.24) is 9.58 Å². The highest BCUT2D eigenvalue weighted by Crippen LogP contribution is 2.41. The van der Waals surface area contributed by atoms with Crippen LogP contribution in [0, 0.1) is 17.5 Å². The lowest BCUT2D eigenvalue weighted by Gasteiger charge is -2.49. The fraction of sp³-hybridized carbons (Fsp3) is 0.217. The number of hydrogen-bond acceptors (Lipinski definition) is 5. The third-order valence-corrected chi connectivity index (χ3v) is 6.02. The normalized spacial score (nSPS) is 19.7. The lowest BCUT2D eigenvalue weighted by atomic mass is 9.94. The van der Waals surface area contributed by atoms with Crippen molar-refractivity contribution in [2.75, 3.05) is 18.7 Å². The van der Waals surface area contributed by atoms with Crippen LogP contribution in [0.2, 0.25) is 0 Å². The van der Waals surface area contributed by atoms with Gasteiger partial charge in [0.1, 0.15) is 23.8 Å². The number of carbonyl (C=O) groups is 1. The number of aromatic hydroxyl groups is 1. The molecule has 0 fully saturated rings. The van der Waals surface area contributed by atoms with Gasteiger partial charge >= 0.3 is 0 Å². The molecule has 2 aromatic carbocycles. The van der Waals surface area contributed by atoms with Crippen LogP contribution >= 0.6 is 0 Å². The molecule has 2 aliphatic rings. The molecule has 1 amide bonds. The summed E-state index contributed by atoms with van der Waals surface area (Å²) in [7, 11) is 1.48. The number of halogens is 3. The Morgan fingerprint density at radius 3 is 2.48 bits per heavy atom. The molecule has 3 aromatic rings. The summed E-state index contributed by atoms with van der Waals surface area (Å²) in [5, 5.41) is 12.0. The Balaban J connectivity index is 1.87. The minimum absolute atomic E-state index is 0.0203. The molecule has 0 bridgehead atoms. The molecule has 3 heterocycles. The third kappa shape index (κ3) is 3.12. The highest BCUT2D eigenvalue weighted by Gasteiger charge is 2.44. The summed E-state index contributed by atoms with van der Waals surface area (Å²) in [5.74, 6) is -4.25. The van der Waals surface area contributed by atoms with Crippen LogP contribution in [0.3, 0.4) is 0 Å². The molecule has 7 nitrogen and oxygen atoms in total. The second-order valence-electron chi connectivity index (χ2n) is 7.86. The van der Waals surface area contributed by atoms with Gasteiger partial charge in [-0.1, -0.05) is 18.2 Å². The SMILES string of the molecule is CN1C(=O)c2c(O)c(=O)ccn2N2C1CCOc1cc(F)c(F)cc1[C@@H]2c1ccccc1F. The monoisotopic (exact) mass is 457 g/mol. The summed E-state index contributed by atoms with van der Waals surface area (Å²) in [6.45, 7) is 0.0440. The van der Waals surface area contributed by atoms with Gasteiger partial charge in [0.05, 0.1) is 6.61 Å². The molecule has 0 saturated carbocycles. The van der Waals surface area contributed by atoms with Crippen molar-refractivity contribution in [1.29, 1.82) is 0 Å². The summed E-state index contributed by atoms with van der Waals surface area (Å²) in [6.07, 6.45) is 0.793. The summed E-state index contributed by atoms with van der Waals surface area (Å²) in [6, 6.07) is 7.62. The quantitative estimate of drug-likeness (QED) is 0.609. The predicted molar refractivity (Wildman–Crippen MR) is 111 cm³/mol. The average Bonchev–Trinajstić information content (AvgIpc) is 2.78. The van der Waals surface area contributed by atoms with Crippen LogP contribution in [0.4, 0.5) is 13.2 Å². The molecule has 33 heavy (non-hydrogen) atoms. The van der Waals surface area contributed by atoms with Gasteiger partial charge in [-0.05, 0) is 12.1 Å². The summed E-state index contributed by atoms with van der Waals surface area (Å²) in [5.41, 5.74) is -0.844. The topological polar surface area (TPSA) is 75.0 Å². The van der Waals surface area contributed by atoms with E-state index in [1.807, 2.05) is 0 Å². The molecule has 0 spiro atoms. The molecular weight excluding hydrogens is 439 g/mol. The van der Waals surface area contributed by atoms with Crippen LogP contribution in [0.25, 0.3) is 0 Å². The van der Waals surface area contributed by atoms with Gasteiger partial charge in [-0.3, -0.25) is 19.3 Å². The number of rotatable bonds is 1. The van der Waals surface area contributed by atoms with Crippen LogP contribution in [-0.4, -0.2) is 40.4 Å².